The first-order valence-electron chi connectivity index (χ1n) is 9.14. The lowest BCUT2D eigenvalue weighted by molar-refractivity contribution is 0.538. The van der Waals surface area contributed by atoms with Crippen molar-refractivity contribution in [3.05, 3.63) is 66.5 Å². The summed E-state index contributed by atoms with van der Waals surface area (Å²) in [5, 5.41) is 4.63. The molecule has 2 aromatic carbocycles. The normalized spacial score (nSPS) is 17.2. The summed E-state index contributed by atoms with van der Waals surface area (Å²) in [7, 11) is 0. The molecule has 0 spiro atoms. The predicted molar refractivity (Wildman–Crippen MR) is 104 cm³/mol. The van der Waals surface area contributed by atoms with E-state index in [4.69, 9.17) is 9.40 Å². The third-order valence-corrected chi connectivity index (χ3v) is 5.33. The summed E-state index contributed by atoms with van der Waals surface area (Å²) in [4.78, 5) is 4.79. The highest BCUT2D eigenvalue weighted by molar-refractivity contribution is 5.90. The summed E-state index contributed by atoms with van der Waals surface area (Å²) >= 11 is 0. The number of hydrogen-bond donors (Lipinski definition) is 1. The fraction of sp³-hybridized carbons (Fsp3) is 0.227. The van der Waals surface area contributed by atoms with Crippen LogP contribution in [-0.2, 0) is 0 Å². The zero-order chi connectivity index (χ0) is 17.5. The van der Waals surface area contributed by atoms with Crippen LogP contribution in [0.15, 0.2) is 65.3 Å². The Morgan fingerprint density at radius 1 is 1.08 bits per heavy atom. The second-order valence-corrected chi connectivity index (χ2v) is 6.91. The van der Waals surface area contributed by atoms with Gasteiger partial charge in [-0.05, 0) is 26.0 Å². The molecule has 1 aliphatic heterocycles. The number of aryl methyl sites for hydroxylation is 1. The van der Waals surface area contributed by atoms with Crippen LogP contribution in [0.25, 0.3) is 33.7 Å². The maximum absolute atomic E-state index is 6.32. The van der Waals surface area contributed by atoms with Gasteiger partial charge in [-0.25, -0.2) is 4.98 Å². The van der Waals surface area contributed by atoms with E-state index in [1.54, 1.807) is 0 Å². The van der Waals surface area contributed by atoms with Crippen LogP contribution in [0.2, 0.25) is 0 Å². The molecule has 0 saturated carbocycles. The minimum absolute atomic E-state index is 0.405. The molecule has 1 N–H and O–H groups in total. The van der Waals surface area contributed by atoms with Gasteiger partial charge in [0.1, 0.15) is 11.3 Å². The average molecular weight is 343 g/mol. The molecule has 1 fully saturated rings. The van der Waals surface area contributed by atoms with E-state index in [-0.39, 0.29) is 0 Å². The Hall–Kier alpha value is -2.85. The van der Waals surface area contributed by atoms with Gasteiger partial charge in [0.05, 0.1) is 12.0 Å². The van der Waals surface area contributed by atoms with Gasteiger partial charge in [0.2, 0.25) is 0 Å². The highest BCUT2D eigenvalue weighted by atomic mass is 16.3. The van der Waals surface area contributed by atoms with Gasteiger partial charge in [-0.2, -0.15) is 0 Å². The van der Waals surface area contributed by atoms with Crippen molar-refractivity contribution < 1.29 is 4.42 Å². The molecule has 0 bridgehead atoms. The van der Waals surface area contributed by atoms with Gasteiger partial charge in [-0.3, -0.25) is 0 Å². The molecule has 1 atom stereocenters. The summed E-state index contributed by atoms with van der Waals surface area (Å²) in [6, 6.07) is 19.0. The smallest absolute Gasteiger partial charge is 0.157 e. The average Bonchev–Trinajstić information content (AvgIpc) is 3.41. The van der Waals surface area contributed by atoms with E-state index >= 15 is 0 Å². The molecule has 0 amide bonds. The molecule has 5 rings (SSSR count). The molecule has 130 valence electrons. The lowest BCUT2D eigenvalue weighted by atomic mass is 10.0. The maximum Gasteiger partial charge on any atom is 0.157 e. The van der Waals surface area contributed by atoms with Crippen molar-refractivity contribution >= 4 is 11.0 Å². The quantitative estimate of drug-likeness (QED) is 0.581. The Labute approximate surface area is 152 Å². The fourth-order valence-corrected chi connectivity index (χ4v) is 3.95. The zero-order valence-electron chi connectivity index (χ0n) is 14.8. The van der Waals surface area contributed by atoms with Crippen LogP contribution < -0.4 is 5.32 Å². The van der Waals surface area contributed by atoms with Crippen molar-refractivity contribution in [2.45, 2.75) is 19.4 Å². The molecule has 0 radical (unpaired) electrons. The molecule has 2 aromatic heterocycles. The van der Waals surface area contributed by atoms with Gasteiger partial charge in [-0.15, -0.1) is 0 Å². The number of furan rings is 1. The van der Waals surface area contributed by atoms with Gasteiger partial charge in [0, 0.05) is 29.1 Å². The van der Waals surface area contributed by atoms with Crippen molar-refractivity contribution in [1.29, 1.82) is 0 Å². The molecule has 26 heavy (non-hydrogen) atoms. The topological polar surface area (TPSA) is 43.0 Å². The van der Waals surface area contributed by atoms with Crippen molar-refractivity contribution in [2.75, 3.05) is 13.1 Å². The monoisotopic (exact) mass is 343 g/mol. The molecule has 1 saturated heterocycles. The first kappa shape index (κ1) is 15.4. The molecular formula is C22H21N3O. The third kappa shape index (κ3) is 2.37. The van der Waals surface area contributed by atoms with E-state index in [1.165, 1.54) is 10.9 Å². The lowest BCUT2D eigenvalue weighted by Gasteiger charge is -2.15. The zero-order valence-corrected chi connectivity index (χ0v) is 14.8. The molecule has 0 aliphatic carbocycles. The number of aromatic nitrogens is 2. The summed E-state index contributed by atoms with van der Waals surface area (Å²) in [6.07, 6.45) is 3.08. The summed E-state index contributed by atoms with van der Waals surface area (Å²) < 4.78 is 8.62. The second-order valence-electron chi connectivity index (χ2n) is 6.91. The summed E-state index contributed by atoms with van der Waals surface area (Å²) in [6.45, 7) is 4.15. The van der Waals surface area contributed by atoms with Crippen molar-refractivity contribution in [1.82, 2.24) is 14.9 Å². The standard InChI is InChI=1S/C22H21N3O/c1-15-18-9-5-6-10-19(18)26-22(15)21-20(16-7-3-2-4-8-16)24-14-25(21)17-11-12-23-13-17/h2-10,14,17,23H,11-13H2,1H3/t17-/m0/s1. The van der Waals surface area contributed by atoms with E-state index in [0.717, 1.165) is 47.8 Å². The van der Waals surface area contributed by atoms with E-state index in [1.807, 2.05) is 24.5 Å². The molecule has 1 aliphatic rings. The van der Waals surface area contributed by atoms with Crippen molar-refractivity contribution in [3.8, 4) is 22.7 Å². The Balaban J connectivity index is 1.77. The second kappa shape index (κ2) is 6.15. The van der Waals surface area contributed by atoms with Crippen LogP contribution in [0.5, 0.6) is 0 Å². The summed E-state index contributed by atoms with van der Waals surface area (Å²) in [5.74, 6) is 0.925. The van der Waals surface area contributed by atoms with E-state index < -0.39 is 0 Å². The van der Waals surface area contributed by atoms with Gasteiger partial charge in [0.25, 0.3) is 0 Å². The van der Waals surface area contributed by atoms with Crippen molar-refractivity contribution in [2.24, 2.45) is 0 Å². The van der Waals surface area contributed by atoms with E-state index in [0.29, 0.717) is 6.04 Å². The largest absolute Gasteiger partial charge is 0.454 e. The Kier molecular flexibility index (Phi) is 3.64. The molecule has 0 unspecified atom stereocenters. The van der Waals surface area contributed by atoms with Crippen LogP contribution in [0.3, 0.4) is 0 Å². The van der Waals surface area contributed by atoms with Gasteiger partial charge >= 0.3 is 0 Å². The highest BCUT2D eigenvalue weighted by Crippen LogP contribution is 2.39. The van der Waals surface area contributed by atoms with Crippen LogP contribution in [-0.4, -0.2) is 22.6 Å². The maximum atomic E-state index is 6.32. The molecule has 4 nitrogen and oxygen atoms in total. The number of nitrogens with zero attached hydrogens (tertiary/aromatic N) is 2. The number of fused-ring (bicyclic) bond motifs is 1. The van der Waals surface area contributed by atoms with Crippen LogP contribution >= 0.6 is 0 Å². The first-order chi connectivity index (χ1) is 12.8. The highest BCUT2D eigenvalue weighted by Gasteiger charge is 2.26. The minimum atomic E-state index is 0.405. The predicted octanol–water partition coefficient (Wildman–Crippen LogP) is 4.81. The van der Waals surface area contributed by atoms with E-state index in [2.05, 4.69) is 53.2 Å². The van der Waals surface area contributed by atoms with E-state index in [9.17, 15) is 0 Å². The Bertz CT molecular complexity index is 1060. The number of imidazole rings is 1. The van der Waals surface area contributed by atoms with Gasteiger partial charge in [0.15, 0.2) is 5.76 Å². The number of hydrogen-bond acceptors (Lipinski definition) is 3. The summed E-state index contributed by atoms with van der Waals surface area (Å²) in [5.41, 5.74) is 5.28. The molecule has 4 aromatic rings. The third-order valence-electron chi connectivity index (χ3n) is 5.33. The van der Waals surface area contributed by atoms with Gasteiger partial charge < -0.3 is 14.3 Å². The SMILES string of the molecule is Cc1c(-c2c(-c3ccccc3)ncn2[C@H]2CCNC2)oc2ccccc12. The van der Waals surface area contributed by atoms with Crippen LogP contribution in [0.4, 0.5) is 0 Å². The fourth-order valence-electron chi connectivity index (χ4n) is 3.95. The van der Waals surface area contributed by atoms with Crippen LogP contribution in [0.1, 0.15) is 18.0 Å². The number of rotatable bonds is 3. The molecule has 4 heteroatoms. The minimum Gasteiger partial charge on any atom is -0.454 e. The molecule has 3 heterocycles. The number of nitrogens with one attached hydrogen (secondary N) is 1. The Morgan fingerprint density at radius 3 is 2.65 bits per heavy atom. The Morgan fingerprint density at radius 2 is 1.88 bits per heavy atom. The number of benzene rings is 2. The molecular weight excluding hydrogens is 322 g/mol. The van der Waals surface area contributed by atoms with Gasteiger partial charge in [-0.1, -0.05) is 48.5 Å². The van der Waals surface area contributed by atoms with Crippen molar-refractivity contribution in [3.63, 3.8) is 0 Å². The van der Waals surface area contributed by atoms with Crippen LogP contribution in [0, 0.1) is 6.92 Å². The lowest BCUT2D eigenvalue weighted by Crippen LogP contribution is -2.13. The number of para-hydroxylation sites is 1. The first-order valence-corrected chi connectivity index (χ1v) is 9.14.